The maximum Gasteiger partial charge on any atom is 0.400 e. The number of hydroxylamine groups is 2. The highest BCUT2D eigenvalue weighted by molar-refractivity contribution is 6.34. The first-order valence-electron chi connectivity index (χ1n) is 11.7. The van der Waals surface area contributed by atoms with Gasteiger partial charge in [0.1, 0.15) is 17.8 Å². The van der Waals surface area contributed by atoms with Crippen LogP contribution in [0.1, 0.15) is 41.4 Å². The highest BCUT2D eigenvalue weighted by Gasteiger charge is 2.59. The summed E-state index contributed by atoms with van der Waals surface area (Å²) in [5.74, 6) is -4.96. The molecule has 0 radical (unpaired) electrons. The Balaban J connectivity index is 1.50. The van der Waals surface area contributed by atoms with Crippen molar-refractivity contribution in [1.29, 1.82) is 0 Å². The molecule has 0 saturated carbocycles. The fraction of sp³-hybridized carbons (Fsp3) is 0.480. The van der Waals surface area contributed by atoms with Crippen LogP contribution in [0.3, 0.4) is 0 Å². The van der Waals surface area contributed by atoms with E-state index in [4.69, 9.17) is 28.0 Å². The Morgan fingerprint density at radius 2 is 1.82 bits per heavy atom. The average Bonchev–Trinajstić information content (AvgIpc) is 3.38. The van der Waals surface area contributed by atoms with Gasteiger partial charge in [0.15, 0.2) is 5.78 Å². The van der Waals surface area contributed by atoms with Gasteiger partial charge in [-0.2, -0.15) is 13.2 Å². The van der Waals surface area contributed by atoms with Crippen LogP contribution in [0.2, 0.25) is 10.0 Å². The number of anilines is 1. The molecule has 0 aliphatic carbocycles. The van der Waals surface area contributed by atoms with E-state index in [0.717, 1.165) is 0 Å². The van der Waals surface area contributed by atoms with Gasteiger partial charge in [0.25, 0.3) is 11.8 Å². The number of carbonyl (C=O) groups excluding carboxylic acids is 2. The van der Waals surface area contributed by atoms with Gasteiger partial charge in [-0.05, 0) is 49.2 Å². The van der Waals surface area contributed by atoms with E-state index in [-0.39, 0.29) is 58.7 Å². The van der Waals surface area contributed by atoms with Crippen LogP contribution in [0.5, 0.6) is 0 Å². The summed E-state index contributed by atoms with van der Waals surface area (Å²) in [5.41, 5.74) is -1.79. The third-order valence-electron chi connectivity index (χ3n) is 6.80. The van der Waals surface area contributed by atoms with E-state index in [2.05, 4.69) is 4.98 Å². The second-order valence-electron chi connectivity index (χ2n) is 9.78. The summed E-state index contributed by atoms with van der Waals surface area (Å²) in [7, 11) is 0. The van der Waals surface area contributed by atoms with Crippen molar-refractivity contribution >= 4 is 40.7 Å². The molecular formula is C25H24Cl2F5N3O3. The van der Waals surface area contributed by atoms with Gasteiger partial charge in [-0.15, -0.1) is 0 Å². The fourth-order valence-electron chi connectivity index (χ4n) is 4.86. The topological polar surface area (TPSA) is 62.7 Å². The number of ketones is 1. The van der Waals surface area contributed by atoms with Crippen LogP contribution in [0, 0.1) is 12.8 Å². The number of halogens is 7. The molecule has 3 heterocycles. The minimum atomic E-state index is -4.59. The van der Waals surface area contributed by atoms with E-state index in [9.17, 15) is 31.5 Å². The number of pyridine rings is 1. The fourth-order valence-corrected chi connectivity index (χ4v) is 5.38. The van der Waals surface area contributed by atoms with E-state index in [1.165, 1.54) is 42.2 Å². The van der Waals surface area contributed by atoms with E-state index in [1.807, 2.05) is 0 Å². The van der Waals surface area contributed by atoms with Crippen molar-refractivity contribution in [2.75, 3.05) is 31.1 Å². The Bertz CT molecular complexity index is 1230. The molecule has 2 aromatic rings. The third kappa shape index (κ3) is 5.74. The standard InChI is InChI=1S/C25H24Cl2F5N3O3/c1-14-19(20(36)7-15-11-38-35(22(15)37)12-23(2,28)29)3-4-21(33-14)34-6-5-24(13-34,25(30,31)32)16-8-17(26)10-18(27)9-16/h3-4,8-10,15H,5-7,11-13H2,1-2H3. The summed E-state index contributed by atoms with van der Waals surface area (Å²) >= 11 is 12.0. The number of benzene rings is 1. The molecule has 38 heavy (non-hydrogen) atoms. The van der Waals surface area contributed by atoms with E-state index in [1.54, 1.807) is 0 Å². The predicted molar refractivity (Wildman–Crippen MR) is 131 cm³/mol. The summed E-state index contributed by atoms with van der Waals surface area (Å²) in [4.78, 5) is 36.1. The number of rotatable bonds is 7. The Kier molecular flexibility index (Phi) is 7.68. The van der Waals surface area contributed by atoms with Crippen molar-refractivity contribution in [1.82, 2.24) is 10.0 Å². The van der Waals surface area contributed by atoms with Crippen LogP contribution in [0.25, 0.3) is 0 Å². The van der Waals surface area contributed by atoms with Crippen molar-refractivity contribution in [3.05, 3.63) is 57.2 Å². The number of Topliss-reactive ketones (excluding diaryl/α,β-unsaturated/α-hetero) is 1. The Hall–Kier alpha value is -2.50. The highest BCUT2D eigenvalue weighted by atomic mass is 35.5. The Morgan fingerprint density at radius 3 is 2.39 bits per heavy atom. The van der Waals surface area contributed by atoms with E-state index < -0.39 is 48.2 Å². The summed E-state index contributed by atoms with van der Waals surface area (Å²) in [6.07, 6.45) is -5.11. The third-order valence-corrected chi connectivity index (χ3v) is 7.24. The zero-order chi connectivity index (χ0) is 28.0. The molecule has 206 valence electrons. The first kappa shape index (κ1) is 28.5. The van der Waals surface area contributed by atoms with Gasteiger partial charge in [-0.25, -0.2) is 18.8 Å². The molecule has 2 atom stereocenters. The molecule has 0 bridgehead atoms. The second kappa shape index (κ2) is 10.2. The lowest BCUT2D eigenvalue weighted by Gasteiger charge is -2.33. The maximum atomic E-state index is 14.4. The highest BCUT2D eigenvalue weighted by Crippen LogP contribution is 2.49. The lowest BCUT2D eigenvalue weighted by molar-refractivity contribution is -0.184. The van der Waals surface area contributed by atoms with Crippen molar-refractivity contribution in [3.8, 4) is 0 Å². The molecule has 2 unspecified atom stereocenters. The summed E-state index contributed by atoms with van der Waals surface area (Å²) in [6.45, 7) is 0.710. The number of aromatic nitrogens is 1. The van der Waals surface area contributed by atoms with Gasteiger partial charge in [0.2, 0.25) is 0 Å². The summed E-state index contributed by atoms with van der Waals surface area (Å²) in [6, 6.07) is 6.80. The molecular weight excluding hydrogens is 556 g/mol. The largest absolute Gasteiger partial charge is 0.400 e. The molecule has 1 aromatic carbocycles. The molecule has 0 spiro atoms. The smallest absolute Gasteiger partial charge is 0.355 e. The minimum absolute atomic E-state index is 0.0353. The zero-order valence-corrected chi connectivity index (χ0v) is 21.9. The summed E-state index contributed by atoms with van der Waals surface area (Å²) < 4.78 is 69.6. The van der Waals surface area contributed by atoms with E-state index in [0.29, 0.717) is 12.0 Å². The molecule has 13 heteroatoms. The van der Waals surface area contributed by atoms with Crippen LogP contribution in [0.4, 0.5) is 27.8 Å². The summed E-state index contributed by atoms with van der Waals surface area (Å²) in [5, 5.41) is 0.771. The maximum absolute atomic E-state index is 14.4. The Labute approximate surface area is 225 Å². The first-order valence-corrected chi connectivity index (χ1v) is 12.5. The molecule has 1 aromatic heterocycles. The van der Waals surface area contributed by atoms with E-state index >= 15 is 0 Å². The van der Waals surface area contributed by atoms with Crippen LogP contribution < -0.4 is 4.90 Å². The Morgan fingerprint density at radius 1 is 1.16 bits per heavy atom. The number of amides is 1. The number of carbonyl (C=O) groups is 2. The number of alkyl halides is 5. The SMILES string of the molecule is Cc1nc(N2CCC(c3cc(Cl)cc(Cl)c3)(C(F)(F)F)C2)ccc1C(=O)CC1CON(CC(C)(F)F)C1=O. The van der Waals surface area contributed by atoms with Crippen LogP contribution in [-0.2, 0) is 15.0 Å². The number of hydrogen-bond donors (Lipinski definition) is 0. The first-order chi connectivity index (χ1) is 17.6. The second-order valence-corrected chi connectivity index (χ2v) is 10.6. The average molecular weight is 580 g/mol. The molecule has 4 rings (SSSR count). The van der Waals surface area contributed by atoms with Gasteiger partial charge in [0, 0.05) is 42.0 Å². The molecule has 2 saturated heterocycles. The van der Waals surface area contributed by atoms with Gasteiger partial charge in [-0.1, -0.05) is 23.2 Å². The molecule has 2 fully saturated rings. The van der Waals surface area contributed by atoms with Gasteiger partial charge in [-0.3, -0.25) is 14.4 Å². The minimum Gasteiger partial charge on any atom is -0.355 e. The molecule has 2 aliphatic heterocycles. The molecule has 0 N–H and O–H groups in total. The van der Waals surface area contributed by atoms with Crippen molar-refractivity contribution in [2.45, 2.75) is 44.2 Å². The number of hydrogen-bond acceptors (Lipinski definition) is 5. The molecule has 6 nitrogen and oxygen atoms in total. The molecule has 2 aliphatic rings. The van der Waals surface area contributed by atoms with Gasteiger partial charge >= 0.3 is 6.18 Å². The van der Waals surface area contributed by atoms with Gasteiger partial charge < -0.3 is 4.90 Å². The number of aryl methyl sites for hydroxylation is 1. The van der Waals surface area contributed by atoms with Gasteiger partial charge in [0.05, 0.1) is 18.2 Å². The number of nitrogens with zero attached hydrogens (tertiary/aromatic N) is 3. The van der Waals surface area contributed by atoms with Crippen LogP contribution >= 0.6 is 23.2 Å². The van der Waals surface area contributed by atoms with Crippen LogP contribution in [0.15, 0.2) is 30.3 Å². The predicted octanol–water partition coefficient (Wildman–Crippen LogP) is 6.03. The lowest BCUT2D eigenvalue weighted by Crippen LogP contribution is -2.45. The molecule has 1 amide bonds. The quantitative estimate of drug-likeness (QED) is 0.296. The van der Waals surface area contributed by atoms with Crippen molar-refractivity contribution < 1.29 is 36.4 Å². The lowest BCUT2D eigenvalue weighted by atomic mass is 9.79. The van der Waals surface area contributed by atoms with Crippen molar-refractivity contribution in [3.63, 3.8) is 0 Å². The van der Waals surface area contributed by atoms with Crippen LogP contribution in [-0.4, -0.2) is 60.1 Å². The zero-order valence-electron chi connectivity index (χ0n) is 20.4. The van der Waals surface area contributed by atoms with Crippen molar-refractivity contribution in [2.24, 2.45) is 5.92 Å². The monoisotopic (exact) mass is 579 g/mol. The normalized spacial score (nSPS) is 22.4.